The number of halogens is 2. The molecule has 0 spiro atoms. The number of carbonyl (C=O) groups is 2. The van der Waals surface area contributed by atoms with Gasteiger partial charge in [0.05, 0.1) is 0 Å². The van der Waals surface area contributed by atoms with Crippen molar-refractivity contribution in [2.75, 3.05) is 0 Å². The quantitative estimate of drug-likeness (QED) is 0.730. The fraction of sp³-hybridized carbons (Fsp3) is 0.333. The predicted molar refractivity (Wildman–Crippen MR) is 54.1 cm³/mol. The molecule has 0 heterocycles. The van der Waals surface area contributed by atoms with E-state index in [-0.39, 0.29) is 18.4 Å². The van der Waals surface area contributed by atoms with E-state index in [1.165, 1.54) is 6.07 Å². The summed E-state index contributed by atoms with van der Waals surface area (Å²) in [6, 6.07) is 2.85. The van der Waals surface area contributed by atoms with Crippen molar-refractivity contribution in [3.8, 4) is 0 Å². The summed E-state index contributed by atoms with van der Waals surface area (Å²) in [5, 5.41) is 10.3. The van der Waals surface area contributed by atoms with Gasteiger partial charge in [0, 0.05) is 18.0 Å². The van der Waals surface area contributed by atoms with Gasteiger partial charge >= 0.3 is 0 Å². The van der Waals surface area contributed by atoms with Gasteiger partial charge in [0.2, 0.25) is 0 Å². The molecule has 0 saturated heterocycles. The minimum Gasteiger partial charge on any atom is -0.550 e. The molecule has 0 saturated carbocycles. The first-order chi connectivity index (χ1) is 7.90. The monoisotopic (exact) mass is 241 g/mol. The van der Waals surface area contributed by atoms with Crippen LogP contribution in [0.2, 0.25) is 0 Å². The molecule has 0 fully saturated rings. The highest BCUT2D eigenvalue weighted by molar-refractivity contribution is 5.96. The van der Waals surface area contributed by atoms with Crippen molar-refractivity contribution in [3.63, 3.8) is 0 Å². The van der Waals surface area contributed by atoms with E-state index in [9.17, 15) is 23.5 Å². The van der Waals surface area contributed by atoms with E-state index in [2.05, 4.69) is 0 Å². The van der Waals surface area contributed by atoms with Crippen LogP contribution in [0.4, 0.5) is 8.78 Å². The fourth-order valence-electron chi connectivity index (χ4n) is 1.46. The lowest BCUT2D eigenvalue weighted by atomic mass is 9.97. The third-order valence-electron chi connectivity index (χ3n) is 2.29. The second-order valence-corrected chi connectivity index (χ2v) is 3.94. The van der Waals surface area contributed by atoms with Crippen LogP contribution in [0, 0.1) is 17.6 Å². The highest BCUT2D eigenvalue weighted by Crippen LogP contribution is 2.15. The minimum atomic E-state index is -1.24. The maximum absolute atomic E-state index is 12.9. The first kappa shape index (κ1) is 13.3. The molecule has 0 aromatic heterocycles. The van der Waals surface area contributed by atoms with Crippen LogP contribution in [0.15, 0.2) is 18.2 Å². The summed E-state index contributed by atoms with van der Waals surface area (Å²) in [5.41, 5.74) is 0.0362. The molecular formula is C12H11F2O3-. The van der Waals surface area contributed by atoms with Crippen LogP contribution in [-0.2, 0) is 4.79 Å². The number of hydrogen-bond acceptors (Lipinski definition) is 3. The van der Waals surface area contributed by atoms with E-state index in [0.29, 0.717) is 0 Å². The average Bonchev–Trinajstić information content (AvgIpc) is 2.20. The summed E-state index contributed by atoms with van der Waals surface area (Å²) in [5.74, 6) is -4.18. The van der Waals surface area contributed by atoms with Crippen molar-refractivity contribution >= 4 is 11.8 Å². The van der Waals surface area contributed by atoms with Crippen LogP contribution in [-0.4, -0.2) is 11.8 Å². The number of carboxylic acids is 1. The highest BCUT2D eigenvalue weighted by Gasteiger charge is 2.13. The molecule has 0 bridgehead atoms. The second kappa shape index (κ2) is 5.52. The van der Waals surface area contributed by atoms with Crippen molar-refractivity contribution in [2.45, 2.75) is 19.8 Å². The van der Waals surface area contributed by atoms with Gasteiger partial charge in [-0.2, -0.15) is 0 Å². The Morgan fingerprint density at radius 3 is 2.41 bits per heavy atom. The van der Waals surface area contributed by atoms with Gasteiger partial charge in [-0.15, -0.1) is 0 Å². The molecule has 0 aliphatic heterocycles. The molecule has 1 aromatic rings. The van der Waals surface area contributed by atoms with Gasteiger partial charge in [0.15, 0.2) is 17.4 Å². The number of rotatable bonds is 5. The maximum Gasteiger partial charge on any atom is 0.163 e. The standard InChI is InChI=1S/C12H12F2O3/c1-7(5-12(16)17)4-11(15)8-2-3-9(13)10(14)6-8/h2-3,6-7H,4-5H2,1H3,(H,16,17)/p-1/t7-/m0/s1. The van der Waals surface area contributed by atoms with Gasteiger partial charge in [-0.3, -0.25) is 4.79 Å². The zero-order valence-electron chi connectivity index (χ0n) is 9.20. The third kappa shape index (κ3) is 3.94. The average molecular weight is 241 g/mol. The van der Waals surface area contributed by atoms with Gasteiger partial charge in [0.25, 0.3) is 0 Å². The van der Waals surface area contributed by atoms with Gasteiger partial charge in [-0.1, -0.05) is 6.92 Å². The highest BCUT2D eigenvalue weighted by atomic mass is 19.2. The normalized spacial score (nSPS) is 12.2. The molecule has 0 N–H and O–H groups in total. The second-order valence-electron chi connectivity index (χ2n) is 3.94. The SMILES string of the molecule is C[C@H](CC(=O)[O-])CC(=O)c1ccc(F)c(F)c1. The summed E-state index contributed by atoms with van der Waals surface area (Å²) >= 11 is 0. The van der Waals surface area contributed by atoms with E-state index in [0.717, 1.165) is 12.1 Å². The topological polar surface area (TPSA) is 57.2 Å². The predicted octanol–water partition coefficient (Wildman–Crippen LogP) is 1.31. The first-order valence-corrected chi connectivity index (χ1v) is 5.08. The summed E-state index contributed by atoms with van der Waals surface area (Å²) in [7, 11) is 0. The number of benzene rings is 1. The van der Waals surface area contributed by atoms with Crippen LogP contribution < -0.4 is 5.11 Å². The number of hydrogen-bond donors (Lipinski definition) is 0. The molecule has 5 heteroatoms. The minimum absolute atomic E-state index is 0.0362. The smallest absolute Gasteiger partial charge is 0.163 e. The first-order valence-electron chi connectivity index (χ1n) is 5.08. The molecule has 3 nitrogen and oxygen atoms in total. The van der Waals surface area contributed by atoms with E-state index in [1.54, 1.807) is 6.92 Å². The van der Waals surface area contributed by atoms with Crippen molar-refractivity contribution in [2.24, 2.45) is 5.92 Å². The summed E-state index contributed by atoms with van der Waals surface area (Å²) in [4.78, 5) is 21.9. The van der Waals surface area contributed by atoms with Gasteiger partial charge in [-0.25, -0.2) is 8.78 Å². The van der Waals surface area contributed by atoms with Crippen molar-refractivity contribution in [1.29, 1.82) is 0 Å². The van der Waals surface area contributed by atoms with E-state index < -0.39 is 29.3 Å². The molecule has 17 heavy (non-hydrogen) atoms. The maximum atomic E-state index is 12.9. The van der Waals surface area contributed by atoms with Crippen LogP contribution in [0.1, 0.15) is 30.1 Å². The Morgan fingerprint density at radius 2 is 1.88 bits per heavy atom. The third-order valence-corrected chi connectivity index (χ3v) is 2.29. The van der Waals surface area contributed by atoms with Crippen molar-refractivity contribution in [1.82, 2.24) is 0 Å². The fourth-order valence-corrected chi connectivity index (χ4v) is 1.46. The number of carboxylic acid groups (broad SMARTS) is 1. The van der Waals surface area contributed by atoms with E-state index in [4.69, 9.17) is 0 Å². The lowest BCUT2D eigenvalue weighted by molar-refractivity contribution is -0.306. The molecule has 1 aromatic carbocycles. The Labute approximate surface area is 97.1 Å². The Morgan fingerprint density at radius 1 is 1.24 bits per heavy atom. The molecule has 0 aliphatic carbocycles. The number of carbonyl (C=O) groups excluding carboxylic acids is 2. The largest absolute Gasteiger partial charge is 0.550 e. The van der Waals surface area contributed by atoms with Crippen LogP contribution in [0.5, 0.6) is 0 Å². The van der Waals surface area contributed by atoms with Crippen LogP contribution in [0.3, 0.4) is 0 Å². The molecule has 0 radical (unpaired) electrons. The van der Waals surface area contributed by atoms with E-state index >= 15 is 0 Å². The van der Waals surface area contributed by atoms with Crippen molar-refractivity contribution in [3.05, 3.63) is 35.4 Å². The zero-order valence-corrected chi connectivity index (χ0v) is 9.20. The summed E-state index contributed by atoms with van der Waals surface area (Å²) in [6.45, 7) is 1.58. The molecule has 1 atom stereocenters. The molecule has 1 rings (SSSR count). The van der Waals surface area contributed by atoms with Crippen LogP contribution in [0.25, 0.3) is 0 Å². The Balaban J connectivity index is 2.70. The Kier molecular flexibility index (Phi) is 4.31. The van der Waals surface area contributed by atoms with Crippen molar-refractivity contribution < 1.29 is 23.5 Å². The van der Waals surface area contributed by atoms with Crippen LogP contribution >= 0.6 is 0 Å². The molecular weight excluding hydrogens is 230 g/mol. The van der Waals surface area contributed by atoms with Gasteiger partial charge in [-0.05, 0) is 30.5 Å². The Hall–Kier alpha value is -1.78. The molecule has 0 unspecified atom stereocenters. The Bertz CT molecular complexity index is 443. The van der Waals surface area contributed by atoms with Gasteiger partial charge in [0.1, 0.15) is 0 Å². The number of ketones is 1. The lowest BCUT2D eigenvalue weighted by Gasteiger charge is -2.10. The zero-order chi connectivity index (χ0) is 13.0. The summed E-state index contributed by atoms with van der Waals surface area (Å²) in [6.07, 6.45) is -0.283. The van der Waals surface area contributed by atoms with Gasteiger partial charge < -0.3 is 9.90 Å². The molecule has 92 valence electrons. The molecule has 0 amide bonds. The lowest BCUT2D eigenvalue weighted by Crippen LogP contribution is -2.25. The molecule has 0 aliphatic rings. The van der Waals surface area contributed by atoms with E-state index in [1.807, 2.05) is 0 Å². The summed E-state index contributed by atoms with van der Waals surface area (Å²) < 4.78 is 25.5. The number of Topliss-reactive ketones (excluding diaryl/α,β-unsaturated/α-hetero) is 1. The number of aliphatic carboxylic acids is 1.